The molecule has 27 heavy (non-hydrogen) atoms. The lowest BCUT2D eigenvalue weighted by atomic mass is 9.47. The van der Waals surface area contributed by atoms with Crippen molar-refractivity contribution in [3.63, 3.8) is 0 Å². The molecule has 3 fully saturated rings. The highest BCUT2D eigenvalue weighted by molar-refractivity contribution is 5.67. The van der Waals surface area contributed by atoms with Gasteiger partial charge in [-0.1, -0.05) is 32.4 Å². The van der Waals surface area contributed by atoms with Gasteiger partial charge in [0.25, 0.3) is 0 Å². The van der Waals surface area contributed by atoms with Crippen LogP contribution in [0.3, 0.4) is 0 Å². The van der Waals surface area contributed by atoms with Gasteiger partial charge >= 0.3 is 5.97 Å². The monoisotopic (exact) mass is 372 g/mol. The minimum Gasteiger partial charge on any atom is -0.481 e. The zero-order chi connectivity index (χ0) is 19.4. The van der Waals surface area contributed by atoms with E-state index >= 15 is 0 Å². The van der Waals surface area contributed by atoms with Crippen LogP contribution in [0.15, 0.2) is 11.6 Å². The Kier molecular flexibility index (Phi) is 4.79. The maximum Gasteiger partial charge on any atom is 0.303 e. The number of carboxylic acid groups (broad SMARTS) is 1. The first-order valence-electron chi connectivity index (χ1n) is 11.2. The number of carbonyl (C=O) groups is 2. The first kappa shape index (κ1) is 19.2. The molecule has 150 valence electrons. The largest absolute Gasteiger partial charge is 0.481 e. The SMILES string of the molecule is C[C@H](C=O)[C@H]1CC[C@H]2C3=CCC4C[C@@H](CC(=O)O)CC[C@]4(C)[C@H]3CC[C@]12C. The summed E-state index contributed by atoms with van der Waals surface area (Å²) in [6.07, 6.45) is 13.6. The molecule has 1 N–H and O–H groups in total. The molecule has 4 rings (SSSR count). The molecule has 0 aliphatic heterocycles. The van der Waals surface area contributed by atoms with Crippen LogP contribution in [0.2, 0.25) is 0 Å². The Morgan fingerprint density at radius 1 is 1.19 bits per heavy atom. The van der Waals surface area contributed by atoms with Gasteiger partial charge in [-0.15, -0.1) is 0 Å². The number of hydrogen-bond acceptors (Lipinski definition) is 2. The van der Waals surface area contributed by atoms with Gasteiger partial charge in [0, 0.05) is 12.3 Å². The summed E-state index contributed by atoms with van der Waals surface area (Å²) in [6.45, 7) is 7.09. The zero-order valence-corrected chi connectivity index (χ0v) is 17.2. The first-order chi connectivity index (χ1) is 12.8. The highest BCUT2D eigenvalue weighted by Crippen LogP contribution is 2.67. The maximum atomic E-state index is 11.5. The van der Waals surface area contributed by atoms with E-state index in [0.717, 1.165) is 19.3 Å². The number of carbonyl (C=O) groups excluding carboxylic acids is 1. The molecule has 1 unspecified atom stereocenters. The Bertz CT molecular complexity index is 652. The van der Waals surface area contributed by atoms with Gasteiger partial charge in [-0.25, -0.2) is 0 Å². The van der Waals surface area contributed by atoms with Gasteiger partial charge in [0.05, 0.1) is 0 Å². The van der Waals surface area contributed by atoms with E-state index in [1.807, 2.05) is 0 Å². The molecule has 0 aromatic carbocycles. The van der Waals surface area contributed by atoms with Crippen molar-refractivity contribution in [3.05, 3.63) is 11.6 Å². The van der Waals surface area contributed by atoms with Gasteiger partial charge in [-0.2, -0.15) is 0 Å². The number of hydrogen-bond donors (Lipinski definition) is 1. The predicted octanol–water partition coefficient (Wildman–Crippen LogP) is 5.49. The smallest absolute Gasteiger partial charge is 0.303 e. The van der Waals surface area contributed by atoms with E-state index in [2.05, 4.69) is 26.8 Å². The standard InChI is InChI=1S/C24H36O3/c1-15(14-25)19-6-7-20-18-5-4-17-12-16(13-22(26)27)8-10-23(17,2)21(18)9-11-24(19,20)3/h5,14-17,19-21H,4,6-13H2,1-3H3,(H,26,27)/t15-,16+,17?,19-,20+,21+,23+,24-/m1/s1. The van der Waals surface area contributed by atoms with Crippen LogP contribution in [0, 0.1) is 46.3 Å². The third-order valence-electron chi connectivity index (χ3n) is 9.57. The van der Waals surface area contributed by atoms with E-state index < -0.39 is 5.97 Å². The average molecular weight is 373 g/mol. The van der Waals surface area contributed by atoms with Gasteiger partial charge in [-0.3, -0.25) is 4.79 Å². The number of fused-ring (bicyclic) bond motifs is 5. The number of aliphatic carboxylic acids is 1. The molecule has 0 bridgehead atoms. The van der Waals surface area contributed by atoms with Gasteiger partial charge in [0.1, 0.15) is 6.29 Å². The van der Waals surface area contributed by atoms with E-state index in [-0.39, 0.29) is 5.92 Å². The maximum absolute atomic E-state index is 11.5. The van der Waals surface area contributed by atoms with Crippen LogP contribution in [-0.2, 0) is 9.59 Å². The molecule has 4 aliphatic rings. The fraction of sp³-hybridized carbons (Fsp3) is 0.833. The lowest BCUT2D eigenvalue weighted by Crippen LogP contribution is -2.49. The molecule has 0 aromatic heterocycles. The van der Waals surface area contributed by atoms with Crippen LogP contribution in [-0.4, -0.2) is 17.4 Å². The molecule has 0 heterocycles. The zero-order valence-electron chi connectivity index (χ0n) is 17.2. The van der Waals surface area contributed by atoms with Crippen molar-refractivity contribution in [3.8, 4) is 0 Å². The second-order valence-electron chi connectivity index (χ2n) is 10.7. The van der Waals surface area contributed by atoms with Crippen molar-refractivity contribution >= 4 is 12.3 Å². The quantitative estimate of drug-likeness (QED) is 0.524. The minimum absolute atomic E-state index is 0.176. The van der Waals surface area contributed by atoms with E-state index in [4.69, 9.17) is 0 Å². The molecule has 0 spiro atoms. The summed E-state index contributed by atoms with van der Waals surface area (Å²) >= 11 is 0. The summed E-state index contributed by atoms with van der Waals surface area (Å²) in [5, 5.41) is 9.20. The summed E-state index contributed by atoms with van der Waals surface area (Å²) < 4.78 is 0. The number of rotatable bonds is 4. The minimum atomic E-state index is -0.634. The fourth-order valence-corrected chi connectivity index (χ4v) is 8.03. The summed E-state index contributed by atoms with van der Waals surface area (Å²) in [7, 11) is 0. The Hall–Kier alpha value is -1.12. The van der Waals surface area contributed by atoms with E-state index in [9.17, 15) is 14.7 Å². The predicted molar refractivity (Wildman–Crippen MR) is 106 cm³/mol. The topological polar surface area (TPSA) is 54.4 Å². The number of aldehydes is 1. The highest BCUT2D eigenvalue weighted by Gasteiger charge is 2.58. The van der Waals surface area contributed by atoms with Crippen LogP contribution >= 0.6 is 0 Å². The van der Waals surface area contributed by atoms with Gasteiger partial charge in [0.2, 0.25) is 0 Å². The Labute approximate surface area is 164 Å². The Balaban J connectivity index is 1.58. The summed E-state index contributed by atoms with van der Waals surface area (Å²) in [5.74, 6) is 2.46. The molecule has 3 saturated carbocycles. The van der Waals surface area contributed by atoms with E-state index in [1.54, 1.807) is 5.57 Å². The second kappa shape index (κ2) is 6.74. The van der Waals surface area contributed by atoms with Crippen molar-refractivity contribution in [1.29, 1.82) is 0 Å². The van der Waals surface area contributed by atoms with Crippen molar-refractivity contribution < 1.29 is 14.7 Å². The van der Waals surface area contributed by atoms with Crippen molar-refractivity contribution in [2.75, 3.05) is 0 Å². The molecular weight excluding hydrogens is 336 g/mol. The van der Waals surface area contributed by atoms with Crippen molar-refractivity contribution in [1.82, 2.24) is 0 Å². The lowest BCUT2D eigenvalue weighted by molar-refractivity contribution is -0.139. The van der Waals surface area contributed by atoms with Gasteiger partial charge in [0.15, 0.2) is 0 Å². The Morgan fingerprint density at radius 2 is 1.89 bits per heavy atom. The third-order valence-corrected chi connectivity index (χ3v) is 9.57. The number of carboxylic acids is 1. The molecular formula is C24H36O3. The van der Waals surface area contributed by atoms with E-state index in [1.165, 1.54) is 38.4 Å². The molecule has 0 radical (unpaired) electrons. The molecule has 3 nitrogen and oxygen atoms in total. The number of allylic oxidation sites excluding steroid dienone is 2. The highest BCUT2D eigenvalue weighted by atomic mass is 16.4. The Morgan fingerprint density at radius 3 is 2.59 bits per heavy atom. The summed E-state index contributed by atoms with van der Waals surface area (Å²) in [5.41, 5.74) is 2.38. The second-order valence-corrected chi connectivity index (χ2v) is 10.7. The van der Waals surface area contributed by atoms with Gasteiger partial charge < -0.3 is 9.90 Å². The molecule has 3 heteroatoms. The first-order valence-corrected chi connectivity index (χ1v) is 11.2. The summed E-state index contributed by atoms with van der Waals surface area (Å²) in [4.78, 5) is 22.7. The van der Waals surface area contributed by atoms with Crippen LogP contribution < -0.4 is 0 Å². The average Bonchev–Trinajstić information content (AvgIpc) is 2.98. The normalized spacial score (nSPS) is 47.2. The van der Waals surface area contributed by atoms with Crippen LogP contribution in [0.5, 0.6) is 0 Å². The third kappa shape index (κ3) is 2.91. The molecule has 0 saturated heterocycles. The van der Waals surface area contributed by atoms with E-state index in [0.29, 0.717) is 46.8 Å². The lowest BCUT2D eigenvalue weighted by Gasteiger charge is -2.58. The molecule has 4 aliphatic carbocycles. The molecule has 0 aromatic rings. The van der Waals surface area contributed by atoms with Crippen molar-refractivity contribution in [2.24, 2.45) is 46.3 Å². The van der Waals surface area contributed by atoms with Crippen LogP contribution in [0.1, 0.15) is 78.6 Å². The van der Waals surface area contributed by atoms with Gasteiger partial charge in [-0.05, 0) is 91.8 Å². The molecule has 8 atom stereocenters. The fourth-order valence-electron chi connectivity index (χ4n) is 8.03. The summed E-state index contributed by atoms with van der Waals surface area (Å²) in [6, 6.07) is 0. The van der Waals surface area contributed by atoms with Crippen LogP contribution in [0.25, 0.3) is 0 Å². The van der Waals surface area contributed by atoms with Crippen LogP contribution in [0.4, 0.5) is 0 Å². The molecule has 0 amide bonds. The van der Waals surface area contributed by atoms with Crippen molar-refractivity contribution in [2.45, 2.75) is 78.6 Å².